The largest absolute Gasteiger partial charge is 0.465 e. The van der Waals surface area contributed by atoms with Crippen molar-refractivity contribution in [1.29, 1.82) is 0 Å². The number of carbonyl (C=O) groups is 5. The molecule has 0 radical (unpaired) electrons. The summed E-state index contributed by atoms with van der Waals surface area (Å²) in [5, 5.41) is 5.38. The highest BCUT2D eigenvalue weighted by atomic mass is 32.1. The second kappa shape index (κ2) is 7.82. The first-order valence-corrected chi connectivity index (χ1v) is 9.78. The molecule has 0 bridgehead atoms. The molecule has 11 heteroatoms. The van der Waals surface area contributed by atoms with Crippen molar-refractivity contribution in [3.8, 4) is 0 Å². The number of esters is 2. The molecular weight excluding hydrogens is 402 g/mol. The van der Waals surface area contributed by atoms with Crippen LogP contribution in [0.3, 0.4) is 0 Å². The van der Waals surface area contributed by atoms with Crippen LogP contribution in [0.5, 0.6) is 0 Å². The van der Waals surface area contributed by atoms with E-state index in [0.717, 1.165) is 34.6 Å². The highest BCUT2D eigenvalue weighted by Gasteiger charge is 2.45. The number of methoxy groups -OCH3 is 1. The van der Waals surface area contributed by atoms with Gasteiger partial charge in [-0.25, -0.2) is 9.59 Å². The van der Waals surface area contributed by atoms with Gasteiger partial charge in [-0.3, -0.25) is 19.3 Å². The van der Waals surface area contributed by atoms with Crippen LogP contribution < -0.4 is 10.6 Å². The number of ether oxygens (including phenoxy) is 2. The third-order valence-corrected chi connectivity index (χ3v) is 5.87. The summed E-state index contributed by atoms with van der Waals surface area (Å²) in [7, 11) is 1.27. The lowest BCUT2D eigenvalue weighted by Crippen LogP contribution is -2.41. The van der Waals surface area contributed by atoms with Gasteiger partial charge in [0.05, 0.1) is 12.7 Å². The van der Waals surface area contributed by atoms with Gasteiger partial charge in [-0.15, -0.1) is 11.3 Å². The van der Waals surface area contributed by atoms with Crippen molar-refractivity contribution in [2.24, 2.45) is 0 Å². The van der Waals surface area contributed by atoms with E-state index in [1.54, 1.807) is 0 Å². The van der Waals surface area contributed by atoms with Crippen molar-refractivity contribution in [2.75, 3.05) is 25.6 Å². The number of nitrogens with zero attached hydrogens (tertiary/aromatic N) is 1. The molecule has 2 aliphatic rings. The highest BCUT2D eigenvalue weighted by Crippen LogP contribution is 2.39. The molecule has 0 unspecified atom stereocenters. The highest BCUT2D eigenvalue weighted by molar-refractivity contribution is 7.17. The van der Waals surface area contributed by atoms with Crippen LogP contribution in [0, 0.1) is 0 Å². The first-order valence-electron chi connectivity index (χ1n) is 8.96. The van der Waals surface area contributed by atoms with E-state index in [1.165, 1.54) is 32.3 Å². The molecular formula is C18H21N3O7S. The summed E-state index contributed by atoms with van der Waals surface area (Å²) in [6.07, 6.45) is 2.51. The van der Waals surface area contributed by atoms with E-state index in [4.69, 9.17) is 9.47 Å². The van der Waals surface area contributed by atoms with E-state index >= 15 is 0 Å². The maximum Gasteiger partial charge on any atom is 0.341 e. The average Bonchev–Trinajstić information content (AvgIpc) is 3.28. The number of thiophene rings is 1. The minimum absolute atomic E-state index is 0.339. The Morgan fingerprint density at radius 3 is 2.59 bits per heavy atom. The Morgan fingerprint density at radius 2 is 1.97 bits per heavy atom. The third-order valence-electron chi connectivity index (χ3n) is 4.66. The molecule has 1 aliphatic heterocycles. The molecule has 0 atom stereocenters. The predicted octanol–water partition coefficient (Wildman–Crippen LogP) is 0.835. The molecule has 1 fully saturated rings. The summed E-state index contributed by atoms with van der Waals surface area (Å²) in [6, 6.07) is -0.697. The molecule has 3 rings (SSSR count). The van der Waals surface area contributed by atoms with E-state index in [2.05, 4.69) is 10.6 Å². The normalized spacial score (nSPS) is 17.0. The maximum absolute atomic E-state index is 12.2. The fraction of sp³-hybridized carbons (Fsp3) is 0.500. The summed E-state index contributed by atoms with van der Waals surface area (Å²) in [5.74, 6) is -2.62. The van der Waals surface area contributed by atoms with Crippen LogP contribution in [0.2, 0.25) is 0 Å². The van der Waals surface area contributed by atoms with Gasteiger partial charge in [-0.05, 0) is 38.7 Å². The van der Waals surface area contributed by atoms with Gasteiger partial charge in [0.15, 0.2) is 6.61 Å². The van der Waals surface area contributed by atoms with Gasteiger partial charge in [0.1, 0.15) is 17.1 Å². The van der Waals surface area contributed by atoms with Crippen molar-refractivity contribution in [1.82, 2.24) is 10.2 Å². The topological polar surface area (TPSA) is 131 Å². The van der Waals surface area contributed by atoms with Crippen LogP contribution in [0.4, 0.5) is 9.80 Å². The van der Waals surface area contributed by atoms with E-state index < -0.39 is 48.5 Å². The zero-order valence-corrected chi connectivity index (χ0v) is 17.1. The lowest BCUT2D eigenvalue weighted by Gasteiger charge is -2.15. The number of aryl methyl sites for hydroxylation is 1. The minimum Gasteiger partial charge on any atom is -0.465 e. The van der Waals surface area contributed by atoms with Gasteiger partial charge in [0, 0.05) is 4.88 Å². The number of nitrogens with one attached hydrogen (secondary N) is 2. The summed E-state index contributed by atoms with van der Waals surface area (Å²) < 4.78 is 9.68. The summed E-state index contributed by atoms with van der Waals surface area (Å²) in [4.78, 5) is 61.8. The Kier molecular flexibility index (Phi) is 5.60. The van der Waals surface area contributed by atoms with E-state index in [9.17, 15) is 24.0 Å². The second-order valence-corrected chi connectivity index (χ2v) is 8.31. The molecule has 2 heterocycles. The van der Waals surface area contributed by atoms with Gasteiger partial charge < -0.3 is 20.1 Å². The molecule has 0 saturated carbocycles. The Labute approximate surface area is 170 Å². The molecule has 1 aliphatic carbocycles. The standard InChI is InChI=1S/C18H21N3O7S/c1-18(2)16(25)21(17(26)20-18)7-12(23)28-8-11(22)19-14-13(15(24)27-3)9-5-4-6-10(9)29-14/h4-8H2,1-3H3,(H,19,22)(H,20,26). The first kappa shape index (κ1) is 20.8. The second-order valence-electron chi connectivity index (χ2n) is 7.21. The summed E-state index contributed by atoms with van der Waals surface area (Å²) in [6.45, 7) is 1.82. The van der Waals surface area contributed by atoms with Crippen molar-refractivity contribution in [2.45, 2.75) is 38.6 Å². The molecule has 1 aromatic rings. The number of urea groups is 1. The fourth-order valence-corrected chi connectivity index (χ4v) is 4.55. The zero-order chi connectivity index (χ0) is 21.3. The molecule has 2 N–H and O–H groups in total. The Bertz CT molecular complexity index is 906. The van der Waals surface area contributed by atoms with E-state index in [1.807, 2.05) is 0 Å². The summed E-state index contributed by atoms with van der Waals surface area (Å²) in [5.41, 5.74) is 0.125. The van der Waals surface area contributed by atoms with Crippen LogP contribution in [0.1, 0.15) is 41.1 Å². The van der Waals surface area contributed by atoms with Crippen molar-refractivity contribution < 1.29 is 33.4 Å². The van der Waals surface area contributed by atoms with Gasteiger partial charge >= 0.3 is 18.0 Å². The SMILES string of the molecule is COC(=O)c1c(NC(=O)COC(=O)CN2C(=O)NC(C)(C)C2=O)sc2c1CCC2. The molecule has 1 saturated heterocycles. The zero-order valence-electron chi connectivity index (χ0n) is 16.2. The molecule has 0 aromatic carbocycles. The summed E-state index contributed by atoms with van der Waals surface area (Å²) >= 11 is 1.30. The molecule has 1 aromatic heterocycles. The van der Waals surface area contributed by atoms with Crippen molar-refractivity contribution in [3.63, 3.8) is 0 Å². The molecule has 0 spiro atoms. The van der Waals surface area contributed by atoms with Crippen LogP contribution in [-0.2, 0) is 36.7 Å². The van der Waals surface area contributed by atoms with Crippen molar-refractivity contribution >= 4 is 46.1 Å². The average molecular weight is 423 g/mol. The number of amides is 4. The third kappa shape index (κ3) is 4.09. The number of imide groups is 1. The lowest BCUT2D eigenvalue weighted by molar-refractivity contribution is -0.150. The first-order chi connectivity index (χ1) is 13.6. The number of fused-ring (bicyclic) bond motifs is 1. The predicted molar refractivity (Wildman–Crippen MR) is 102 cm³/mol. The Hall–Kier alpha value is -2.95. The minimum atomic E-state index is -1.10. The smallest absolute Gasteiger partial charge is 0.341 e. The van der Waals surface area contributed by atoms with Gasteiger partial charge in [0.25, 0.3) is 11.8 Å². The Morgan fingerprint density at radius 1 is 1.24 bits per heavy atom. The number of rotatable bonds is 6. The van der Waals surface area contributed by atoms with Crippen LogP contribution in [0.15, 0.2) is 0 Å². The van der Waals surface area contributed by atoms with Gasteiger partial charge in [-0.1, -0.05) is 0 Å². The van der Waals surface area contributed by atoms with Crippen molar-refractivity contribution in [3.05, 3.63) is 16.0 Å². The van der Waals surface area contributed by atoms with Crippen LogP contribution >= 0.6 is 11.3 Å². The lowest BCUT2D eigenvalue weighted by atomic mass is 10.1. The number of carbonyl (C=O) groups excluding carboxylic acids is 5. The van der Waals surface area contributed by atoms with Crippen LogP contribution in [0.25, 0.3) is 0 Å². The van der Waals surface area contributed by atoms with Gasteiger partial charge in [0.2, 0.25) is 0 Å². The van der Waals surface area contributed by atoms with E-state index in [0.29, 0.717) is 10.6 Å². The van der Waals surface area contributed by atoms with E-state index in [-0.39, 0.29) is 0 Å². The Balaban J connectivity index is 1.57. The molecule has 4 amide bonds. The van der Waals surface area contributed by atoms with Crippen LogP contribution in [-0.4, -0.2) is 60.5 Å². The quantitative estimate of drug-likeness (QED) is 0.512. The van der Waals surface area contributed by atoms with Gasteiger partial charge in [-0.2, -0.15) is 0 Å². The molecule has 29 heavy (non-hydrogen) atoms. The number of hydrogen-bond acceptors (Lipinski definition) is 8. The number of anilines is 1. The molecule has 156 valence electrons. The molecule has 10 nitrogen and oxygen atoms in total. The fourth-order valence-electron chi connectivity index (χ4n) is 3.26. The maximum atomic E-state index is 12.2. The number of hydrogen-bond donors (Lipinski definition) is 2. The monoisotopic (exact) mass is 423 g/mol.